The number of hydrogen-bond donors (Lipinski definition) is 2. The van der Waals surface area contributed by atoms with Gasteiger partial charge in [0.15, 0.2) is 0 Å². The van der Waals surface area contributed by atoms with Gasteiger partial charge in [-0.05, 0) is 50.7 Å². The average molecular weight is 483 g/mol. The molecule has 2 aliphatic heterocycles. The Morgan fingerprint density at radius 2 is 1.77 bits per heavy atom. The number of unbranched alkanes of at least 4 members (excludes halogenated alkanes) is 4. The Morgan fingerprint density at radius 1 is 1.03 bits per heavy atom. The molecule has 1 unspecified atom stereocenters. The van der Waals surface area contributed by atoms with E-state index in [9.17, 15) is 24.0 Å². The highest BCUT2D eigenvalue weighted by Crippen LogP contribution is 2.32. The second-order valence-electron chi connectivity index (χ2n) is 9.71. The van der Waals surface area contributed by atoms with E-state index in [0.29, 0.717) is 24.7 Å². The minimum absolute atomic E-state index is 0.0975. The molecule has 0 radical (unpaired) electrons. The molecule has 0 aromatic heterocycles. The number of nitrogens with zero attached hydrogens (tertiary/aromatic N) is 2. The second-order valence-corrected chi connectivity index (χ2v) is 9.71. The van der Waals surface area contributed by atoms with E-state index in [2.05, 4.69) is 10.6 Å². The summed E-state index contributed by atoms with van der Waals surface area (Å²) in [6.07, 6.45) is 9.20. The van der Waals surface area contributed by atoms with Gasteiger partial charge in [-0.1, -0.05) is 25.3 Å². The van der Waals surface area contributed by atoms with Crippen molar-refractivity contribution in [2.24, 2.45) is 0 Å². The molecular formula is C26H34N4O5. The molecule has 5 amide bonds. The summed E-state index contributed by atoms with van der Waals surface area (Å²) >= 11 is 0. The zero-order valence-electron chi connectivity index (χ0n) is 20.3. The number of carbonyl (C=O) groups is 5. The van der Waals surface area contributed by atoms with E-state index in [1.807, 2.05) is 11.9 Å². The van der Waals surface area contributed by atoms with Gasteiger partial charge in [0, 0.05) is 38.2 Å². The van der Waals surface area contributed by atoms with Crippen molar-refractivity contribution >= 4 is 35.2 Å². The highest BCUT2D eigenvalue weighted by Gasteiger charge is 2.45. The van der Waals surface area contributed by atoms with Crippen LogP contribution in [0, 0.1) is 0 Å². The standard InChI is InChI=1S/C26H34N4O5/c1-29(17-9-7-10-17)22(32)13-5-3-2-4-6-16-27-19-12-8-11-18-23(19)26(35)30(25(18)34)20-14-15-21(31)28-24(20)33/h8,11-12,17,20,27H,2-7,9-10,13-16H2,1H3,(H,28,31,33). The topological polar surface area (TPSA) is 116 Å². The van der Waals surface area contributed by atoms with Crippen molar-refractivity contribution in [1.29, 1.82) is 0 Å². The van der Waals surface area contributed by atoms with Crippen LogP contribution in [-0.4, -0.2) is 65.0 Å². The summed E-state index contributed by atoms with van der Waals surface area (Å²) in [5, 5.41) is 5.48. The molecule has 2 N–H and O–H groups in total. The Balaban J connectivity index is 1.21. The smallest absolute Gasteiger partial charge is 0.264 e. The first-order chi connectivity index (χ1) is 16.9. The lowest BCUT2D eigenvalue weighted by Gasteiger charge is -2.34. The van der Waals surface area contributed by atoms with Gasteiger partial charge in [0.05, 0.1) is 11.1 Å². The van der Waals surface area contributed by atoms with Crippen molar-refractivity contribution < 1.29 is 24.0 Å². The van der Waals surface area contributed by atoms with E-state index in [-0.39, 0.29) is 29.9 Å². The van der Waals surface area contributed by atoms with Crippen LogP contribution in [-0.2, 0) is 14.4 Å². The second kappa shape index (κ2) is 11.0. The summed E-state index contributed by atoms with van der Waals surface area (Å²) in [5.74, 6) is -1.75. The van der Waals surface area contributed by atoms with Crippen molar-refractivity contribution in [2.75, 3.05) is 18.9 Å². The van der Waals surface area contributed by atoms with Gasteiger partial charge >= 0.3 is 0 Å². The van der Waals surface area contributed by atoms with Gasteiger partial charge in [0.2, 0.25) is 17.7 Å². The maximum Gasteiger partial charge on any atom is 0.264 e. The number of anilines is 1. The maximum atomic E-state index is 13.1. The molecule has 0 spiro atoms. The zero-order valence-corrected chi connectivity index (χ0v) is 20.3. The molecule has 1 saturated carbocycles. The Morgan fingerprint density at radius 3 is 2.49 bits per heavy atom. The van der Waals surface area contributed by atoms with Crippen LogP contribution < -0.4 is 10.6 Å². The normalized spacial score (nSPS) is 19.9. The van der Waals surface area contributed by atoms with Crippen molar-refractivity contribution in [1.82, 2.24) is 15.1 Å². The Kier molecular flexibility index (Phi) is 7.83. The van der Waals surface area contributed by atoms with Crippen LogP contribution in [0.4, 0.5) is 5.69 Å². The summed E-state index contributed by atoms with van der Waals surface area (Å²) in [6.45, 7) is 0.652. The summed E-state index contributed by atoms with van der Waals surface area (Å²) < 4.78 is 0. The van der Waals surface area contributed by atoms with E-state index in [4.69, 9.17) is 0 Å². The minimum Gasteiger partial charge on any atom is -0.384 e. The van der Waals surface area contributed by atoms with E-state index < -0.39 is 29.7 Å². The molecule has 2 heterocycles. The van der Waals surface area contributed by atoms with Gasteiger partial charge in [-0.3, -0.25) is 34.2 Å². The van der Waals surface area contributed by atoms with Gasteiger partial charge in [0.25, 0.3) is 11.8 Å². The summed E-state index contributed by atoms with van der Waals surface area (Å²) in [4.78, 5) is 64.8. The number of piperidine rings is 1. The van der Waals surface area contributed by atoms with Crippen molar-refractivity contribution in [3.8, 4) is 0 Å². The first-order valence-corrected chi connectivity index (χ1v) is 12.7. The number of rotatable bonds is 11. The molecule has 0 bridgehead atoms. The fourth-order valence-corrected chi connectivity index (χ4v) is 4.97. The largest absolute Gasteiger partial charge is 0.384 e. The number of hydrogen-bond acceptors (Lipinski definition) is 6. The molecule has 1 atom stereocenters. The summed E-state index contributed by atoms with van der Waals surface area (Å²) in [5.41, 5.74) is 1.15. The molecule has 3 aliphatic rings. The fourth-order valence-electron chi connectivity index (χ4n) is 4.97. The van der Waals surface area contributed by atoms with E-state index >= 15 is 0 Å². The lowest BCUT2D eigenvalue weighted by molar-refractivity contribution is -0.136. The van der Waals surface area contributed by atoms with E-state index in [1.165, 1.54) is 6.42 Å². The molecule has 9 heteroatoms. The SMILES string of the molecule is CN(C(=O)CCCCCCCNc1cccc2c1C(=O)N(C1CCC(=O)NC1=O)C2=O)C1CCC1. The van der Waals surface area contributed by atoms with Crippen molar-refractivity contribution in [3.05, 3.63) is 29.3 Å². The van der Waals surface area contributed by atoms with E-state index in [1.54, 1.807) is 18.2 Å². The predicted molar refractivity (Wildman–Crippen MR) is 130 cm³/mol. The fraction of sp³-hybridized carbons (Fsp3) is 0.577. The zero-order chi connectivity index (χ0) is 24.9. The van der Waals surface area contributed by atoms with Gasteiger partial charge in [0.1, 0.15) is 6.04 Å². The highest BCUT2D eigenvalue weighted by atomic mass is 16.2. The molecule has 188 valence electrons. The molecule has 4 rings (SSSR count). The molecule has 1 saturated heterocycles. The first kappa shape index (κ1) is 24.9. The van der Waals surface area contributed by atoms with Crippen LogP contribution >= 0.6 is 0 Å². The van der Waals surface area contributed by atoms with Crippen LogP contribution in [0.2, 0.25) is 0 Å². The number of fused-ring (bicyclic) bond motifs is 1. The van der Waals surface area contributed by atoms with Crippen molar-refractivity contribution in [3.63, 3.8) is 0 Å². The third kappa shape index (κ3) is 5.39. The Bertz CT molecular complexity index is 1020. The minimum atomic E-state index is -0.965. The monoisotopic (exact) mass is 482 g/mol. The molecule has 1 aliphatic carbocycles. The van der Waals surface area contributed by atoms with E-state index in [0.717, 1.165) is 49.8 Å². The number of imide groups is 2. The van der Waals surface area contributed by atoms with Crippen LogP contribution in [0.15, 0.2) is 18.2 Å². The molecule has 2 fully saturated rings. The number of nitrogens with one attached hydrogen (secondary N) is 2. The van der Waals surface area contributed by atoms with Gasteiger partial charge in [-0.15, -0.1) is 0 Å². The van der Waals surface area contributed by atoms with Gasteiger partial charge in [-0.2, -0.15) is 0 Å². The van der Waals surface area contributed by atoms with Crippen molar-refractivity contribution in [2.45, 2.75) is 82.7 Å². The molecular weight excluding hydrogens is 448 g/mol. The third-order valence-electron chi connectivity index (χ3n) is 7.37. The molecule has 35 heavy (non-hydrogen) atoms. The first-order valence-electron chi connectivity index (χ1n) is 12.7. The summed E-state index contributed by atoms with van der Waals surface area (Å²) in [7, 11) is 1.92. The van der Waals surface area contributed by atoms with Crippen LogP contribution in [0.25, 0.3) is 0 Å². The predicted octanol–water partition coefficient (Wildman–Crippen LogP) is 2.85. The Labute approximate surface area is 205 Å². The average Bonchev–Trinajstić information content (AvgIpc) is 3.05. The van der Waals surface area contributed by atoms with Crippen LogP contribution in [0.1, 0.15) is 91.3 Å². The lowest BCUT2D eigenvalue weighted by Crippen LogP contribution is -2.54. The highest BCUT2D eigenvalue weighted by molar-refractivity contribution is 6.25. The number of carbonyl (C=O) groups excluding carboxylic acids is 5. The Hall–Kier alpha value is -3.23. The quantitative estimate of drug-likeness (QED) is 0.370. The maximum absolute atomic E-state index is 13.1. The van der Waals surface area contributed by atoms with Gasteiger partial charge < -0.3 is 10.2 Å². The van der Waals surface area contributed by atoms with Crippen LogP contribution in [0.5, 0.6) is 0 Å². The third-order valence-corrected chi connectivity index (χ3v) is 7.37. The van der Waals surface area contributed by atoms with Gasteiger partial charge in [-0.25, -0.2) is 0 Å². The number of benzene rings is 1. The van der Waals surface area contributed by atoms with Crippen LogP contribution in [0.3, 0.4) is 0 Å². The molecule has 1 aromatic rings. The molecule has 9 nitrogen and oxygen atoms in total. The summed E-state index contributed by atoms with van der Waals surface area (Å²) in [6, 6.07) is 4.57. The molecule has 1 aromatic carbocycles. The lowest BCUT2D eigenvalue weighted by atomic mass is 9.91. The number of amides is 5.